The Morgan fingerprint density at radius 1 is 1.45 bits per heavy atom. The van der Waals surface area contributed by atoms with Crippen LogP contribution in [-0.4, -0.2) is 37.1 Å². The fourth-order valence-electron chi connectivity index (χ4n) is 2.01. The zero-order chi connectivity index (χ0) is 14.8. The van der Waals surface area contributed by atoms with Gasteiger partial charge in [-0.3, -0.25) is 4.79 Å². The van der Waals surface area contributed by atoms with Crippen LogP contribution in [-0.2, 0) is 14.6 Å². The summed E-state index contributed by atoms with van der Waals surface area (Å²) >= 11 is 1.13. The van der Waals surface area contributed by atoms with Gasteiger partial charge in [0.1, 0.15) is 5.82 Å². The van der Waals surface area contributed by atoms with Crippen molar-refractivity contribution in [2.24, 2.45) is 0 Å². The van der Waals surface area contributed by atoms with Gasteiger partial charge in [-0.25, -0.2) is 12.8 Å². The molecule has 110 valence electrons. The van der Waals surface area contributed by atoms with Gasteiger partial charge in [0.25, 0.3) is 0 Å². The van der Waals surface area contributed by atoms with E-state index in [-0.39, 0.29) is 29.3 Å². The lowest BCUT2D eigenvalue weighted by Crippen LogP contribution is -2.39. The summed E-state index contributed by atoms with van der Waals surface area (Å²) in [5, 5.41) is 2.24. The van der Waals surface area contributed by atoms with Crippen LogP contribution < -0.4 is 5.32 Å². The molecule has 1 heterocycles. The van der Waals surface area contributed by atoms with Crippen LogP contribution >= 0.6 is 11.8 Å². The molecule has 0 spiro atoms. The van der Waals surface area contributed by atoms with Gasteiger partial charge < -0.3 is 5.32 Å². The summed E-state index contributed by atoms with van der Waals surface area (Å²) in [5.41, 5.74) is 0. The molecule has 0 radical (unpaired) electrons. The minimum atomic E-state index is -3.01. The van der Waals surface area contributed by atoms with Crippen LogP contribution in [0.1, 0.15) is 13.3 Å². The van der Waals surface area contributed by atoms with Crippen molar-refractivity contribution in [1.82, 2.24) is 5.32 Å². The molecule has 1 aromatic carbocycles. The van der Waals surface area contributed by atoms with E-state index in [2.05, 4.69) is 5.32 Å². The second-order valence-corrected chi connectivity index (χ2v) is 8.41. The predicted octanol–water partition coefficient (Wildman–Crippen LogP) is 1.61. The first-order valence-corrected chi connectivity index (χ1v) is 8.99. The highest BCUT2D eigenvalue weighted by Crippen LogP contribution is 2.26. The third-order valence-corrected chi connectivity index (χ3v) is 6.01. The lowest BCUT2D eigenvalue weighted by molar-refractivity contribution is -0.120. The molecule has 1 aromatic rings. The van der Waals surface area contributed by atoms with Crippen molar-refractivity contribution in [1.29, 1.82) is 0 Å². The van der Waals surface area contributed by atoms with Crippen molar-refractivity contribution < 1.29 is 17.6 Å². The average molecular weight is 317 g/mol. The molecule has 0 aliphatic carbocycles. The van der Waals surface area contributed by atoms with Crippen LogP contribution in [0.15, 0.2) is 29.2 Å². The number of nitrogens with one attached hydrogen (secondary N) is 1. The molecule has 0 aromatic heterocycles. The number of hydrogen-bond donors (Lipinski definition) is 1. The molecule has 0 saturated carbocycles. The van der Waals surface area contributed by atoms with Crippen LogP contribution in [0.25, 0.3) is 0 Å². The van der Waals surface area contributed by atoms with Crippen LogP contribution in [0.5, 0.6) is 0 Å². The third kappa shape index (κ3) is 3.96. The quantitative estimate of drug-likeness (QED) is 0.857. The molecule has 2 rings (SSSR count). The van der Waals surface area contributed by atoms with E-state index in [1.807, 2.05) is 0 Å². The highest BCUT2D eigenvalue weighted by Gasteiger charge is 2.30. The molecule has 20 heavy (non-hydrogen) atoms. The van der Waals surface area contributed by atoms with Crippen molar-refractivity contribution in [2.75, 3.05) is 11.5 Å². The fraction of sp³-hybridized carbons (Fsp3) is 0.462. The van der Waals surface area contributed by atoms with E-state index in [4.69, 9.17) is 0 Å². The van der Waals surface area contributed by atoms with E-state index < -0.39 is 15.1 Å². The number of sulfone groups is 1. The smallest absolute Gasteiger partial charge is 0.233 e. The van der Waals surface area contributed by atoms with Gasteiger partial charge in [-0.1, -0.05) is 12.1 Å². The molecule has 4 nitrogen and oxygen atoms in total. The van der Waals surface area contributed by atoms with E-state index >= 15 is 0 Å². The Morgan fingerprint density at radius 2 is 2.15 bits per heavy atom. The van der Waals surface area contributed by atoms with Crippen LogP contribution in [0, 0.1) is 5.82 Å². The SMILES string of the molecule is C[C@@H](Sc1ccccc1F)C(=O)N[C@H]1CCS(=O)(=O)C1. The van der Waals surface area contributed by atoms with Crippen molar-refractivity contribution >= 4 is 27.5 Å². The van der Waals surface area contributed by atoms with Crippen molar-refractivity contribution in [3.05, 3.63) is 30.1 Å². The van der Waals surface area contributed by atoms with Gasteiger partial charge in [-0.05, 0) is 25.5 Å². The summed E-state index contributed by atoms with van der Waals surface area (Å²) in [6, 6.07) is 5.93. The number of benzene rings is 1. The summed E-state index contributed by atoms with van der Waals surface area (Å²) in [5.74, 6) is -0.510. The molecule has 1 N–H and O–H groups in total. The number of hydrogen-bond acceptors (Lipinski definition) is 4. The molecule has 1 amide bonds. The Bertz CT molecular complexity index is 603. The zero-order valence-corrected chi connectivity index (χ0v) is 12.6. The van der Waals surface area contributed by atoms with Crippen molar-refractivity contribution in [3.8, 4) is 0 Å². The highest BCUT2D eigenvalue weighted by atomic mass is 32.2. The van der Waals surface area contributed by atoms with Crippen LogP contribution in [0.4, 0.5) is 4.39 Å². The molecule has 1 fully saturated rings. The van der Waals surface area contributed by atoms with E-state index in [0.29, 0.717) is 11.3 Å². The molecule has 1 saturated heterocycles. The number of carbonyl (C=O) groups excluding carboxylic acids is 1. The maximum atomic E-state index is 13.5. The average Bonchev–Trinajstić information content (AvgIpc) is 2.71. The molecule has 2 atom stereocenters. The zero-order valence-electron chi connectivity index (χ0n) is 11.0. The Labute approximate surface area is 122 Å². The van der Waals surface area contributed by atoms with E-state index in [9.17, 15) is 17.6 Å². The topological polar surface area (TPSA) is 63.2 Å². The molecule has 0 unspecified atom stereocenters. The maximum Gasteiger partial charge on any atom is 0.233 e. The maximum absolute atomic E-state index is 13.5. The van der Waals surface area contributed by atoms with Gasteiger partial charge in [0, 0.05) is 10.9 Å². The number of thioether (sulfide) groups is 1. The van der Waals surface area contributed by atoms with E-state index in [1.54, 1.807) is 25.1 Å². The highest BCUT2D eigenvalue weighted by molar-refractivity contribution is 8.00. The van der Waals surface area contributed by atoms with Crippen LogP contribution in [0.3, 0.4) is 0 Å². The molecule has 0 bridgehead atoms. The Kier molecular flexibility index (Phi) is 4.70. The number of halogens is 1. The lowest BCUT2D eigenvalue weighted by Gasteiger charge is -2.15. The Hall–Kier alpha value is -1.08. The summed E-state index contributed by atoms with van der Waals surface area (Å²) in [4.78, 5) is 12.4. The monoisotopic (exact) mass is 317 g/mol. The first kappa shape index (κ1) is 15.3. The number of amides is 1. The predicted molar refractivity (Wildman–Crippen MR) is 76.9 cm³/mol. The molecular formula is C13H16FNO3S2. The summed E-state index contributed by atoms with van der Waals surface area (Å²) in [6.45, 7) is 1.68. The van der Waals surface area contributed by atoms with Crippen molar-refractivity contribution in [3.63, 3.8) is 0 Å². The van der Waals surface area contributed by atoms with Gasteiger partial charge in [-0.2, -0.15) is 0 Å². The van der Waals surface area contributed by atoms with Crippen molar-refractivity contribution in [2.45, 2.75) is 29.5 Å². The van der Waals surface area contributed by atoms with Gasteiger partial charge in [-0.15, -0.1) is 11.8 Å². The molecule has 1 aliphatic rings. The summed E-state index contributed by atoms with van der Waals surface area (Å²) in [7, 11) is -3.01. The first-order valence-electron chi connectivity index (χ1n) is 6.29. The van der Waals surface area contributed by atoms with Gasteiger partial charge in [0.15, 0.2) is 9.84 Å². The lowest BCUT2D eigenvalue weighted by atomic mass is 10.2. The van der Waals surface area contributed by atoms with Crippen LogP contribution in [0.2, 0.25) is 0 Å². The van der Waals surface area contributed by atoms with Gasteiger partial charge >= 0.3 is 0 Å². The standard InChI is InChI=1S/C13H16FNO3S2/c1-9(19-12-5-3-2-4-11(12)14)13(16)15-10-6-7-20(17,18)8-10/h2-5,9-10H,6-8H2,1H3,(H,15,16)/t9-,10+/m1/s1. The van der Waals surface area contributed by atoms with E-state index in [1.165, 1.54) is 6.07 Å². The minimum absolute atomic E-state index is 0.00414. The molecular weight excluding hydrogens is 301 g/mol. The van der Waals surface area contributed by atoms with E-state index in [0.717, 1.165) is 11.8 Å². The largest absolute Gasteiger partial charge is 0.351 e. The third-order valence-electron chi connectivity index (χ3n) is 3.09. The normalized spacial score (nSPS) is 22.4. The molecule has 7 heteroatoms. The molecule has 1 aliphatic heterocycles. The minimum Gasteiger partial charge on any atom is -0.351 e. The second-order valence-electron chi connectivity index (χ2n) is 4.80. The summed E-state index contributed by atoms with van der Waals surface area (Å²) < 4.78 is 36.1. The Morgan fingerprint density at radius 3 is 2.75 bits per heavy atom. The second kappa shape index (κ2) is 6.13. The first-order chi connectivity index (χ1) is 9.37. The number of carbonyl (C=O) groups is 1. The fourth-order valence-corrected chi connectivity index (χ4v) is 4.58. The number of rotatable bonds is 4. The summed E-state index contributed by atoms with van der Waals surface area (Å²) in [6.07, 6.45) is 0.450. The van der Waals surface area contributed by atoms with Gasteiger partial charge in [0.2, 0.25) is 5.91 Å². The Balaban J connectivity index is 1.91. The van der Waals surface area contributed by atoms with Gasteiger partial charge in [0.05, 0.1) is 16.8 Å².